The van der Waals surface area contributed by atoms with Crippen LogP contribution in [-0.2, 0) is 0 Å². The van der Waals surface area contributed by atoms with Gasteiger partial charge in [-0.25, -0.2) is 9.97 Å². The Hall–Kier alpha value is -2.10. The highest BCUT2D eigenvalue weighted by atomic mass is 15.2. The van der Waals surface area contributed by atoms with E-state index in [1.807, 2.05) is 6.07 Å². The van der Waals surface area contributed by atoms with Crippen LogP contribution in [0.5, 0.6) is 0 Å². The molecule has 1 fully saturated rings. The number of benzene rings is 1. The maximum absolute atomic E-state index is 4.42. The number of anilines is 3. The average Bonchev–Trinajstić information content (AvgIpc) is 2.51. The van der Waals surface area contributed by atoms with Crippen LogP contribution >= 0.6 is 0 Å². The molecule has 0 amide bonds. The first-order valence-corrected chi connectivity index (χ1v) is 7.64. The Morgan fingerprint density at radius 1 is 1.00 bits per heavy atom. The van der Waals surface area contributed by atoms with Gasteiger partial charge in [0.05, 0.1) is 0 Å². The Kier molecular flexibility index (Phi) is 4.04. The normalized spacial score (nSPS) is 15.0. The molecule has 4 heteroatoms. The van der Waals surface area contributed by atoms with Crippen LogP contribution in [0.2, 0.25) is 0 Å². The van der Waals surface area contributed by atoms with E-state index in [1.54, 1.807) is 6.33 Å². The van der Waals surface area contributed by atoms with Gasteiger partial charge in [-0.3, -0.25) is 0 Å². The fourth-order valence-electron chi connectivity index (χ4n) is 2.80. The van der Waals surface area contributed by atoms with Gasteiger partial charge in [-0.1, -0.05) is 17.7 Å². The van der Waals surface area contributed by atoms with E-state index in [2.05, 4.69) is 52.2 Å². The fraction of sp³-hybridized carbons (Fsp3) is 0.412. The van der Waals surface area contributed by atoms with Crippen LogP contribution in [0, 0.1) is 13.8 Å². The molecular weight excluding hydrogens is 260 g/mol. The van der Waals surface area contributed by atoms with Gasteiger partial charge >= 0.3 is 0 Å². The second kappa shape index (κ2) is 6.12. The van der Waals surface area contributed by atoms with Gasteiger partial charge in [0.15, 0.2) is 0 Å². The predicted octanol–water partition coefficient (Wildman–Crippen LogP) is 3.83. The summed E-state index contributed by atoms with van der Waals surface area (Å²) in [4.78, 5) is 11.1. The lowest BCUT2D eigenvalue weighted by atomic mass is 10.1. The van der Waals surface area contributed by atoms with E-state index in [4.69, 9.17) is 0 Å². The third kappa shape index (κ3) is 3.32. The predicted molar refractivity (Wildman–Crippen MR) is 87.3 cm³/mol. The minimum absolute atomic E-state index is 0.859. The molecule has 0 radical (unpaired) electrons. The molecule has 0 unspecified atom stereocenters. The molecule has 3 rings (SSSR count). The van der Waals surface area contributed by atoms with Crippen LogP contribution in [0.1, 0.15) is 30.4 Å². The summed E-state index contributed by atoms with van der Waals surface area (Å²) in [5, 5.41) is 3.40. The van der Waals surface area contributed by atoms with Gasteiger partial charge in [0.2, 0.25) is 0 Å². The third-order valence-electron chi connectivity index (χ3n) is 3.98. The summed E-state index contributed by atoms with van der Waals surface area (Å²) in [6.07, 6.45) is 5.48. The van der Waals surface area contributed by atoms with Crippen LogP contribution in [0.4, 0.5) is 17.3 Å². The van der Waals surface area contributed by atoms with Crippen molar-refractivity contribution in [3.05, 3.63) is 41.7 Å². The topological polar surface area (TPSA) is 41.0 Å². The summed E-state index contributed by atoms with van der Waals surface area (Å²) in [6.45, 7) is 6.41. The molecule has 0 aliphatic carbocycles. The summed E-state index contributed by atoms with van der Waals surface area (Å²) in [7, 11) is 0. The molecule has 2 heterocycles. The summed E-state index contributed by atoms with van der Waals surface area (Å²) in [6, 6.07) is 8.44. The quantitative estimate of drug-likeness (QED) is 0.929. The Morgan fingerprint density at radius 3 is 2.57 bits per heavy atom. The van der Waals surface area contributed by atoms with Crippen molar-refractivity contribution >= 4 is 17.3 Å². The minimum atomic E-state index is 0.859. The second-order valence-corrected chi connectivity index (χ2v) is 5.75. The highest BCUT2D eigenvalue weighted by Crippen LogP contribution is 2.23. The molecule has 1 aromatic carbocycles. The largest absolute Gasteiger partial charge is 0.356 e. The van der Waals surface area contributed by atoms with E-state index in [1.165, 1.54) is 30.4 Å². The SMILES string of the molecule is Cc1ccc(Nc2cc(N3CCCCC3)ncn2)c(C)c1. The molecular formula is C17H22N4. The molecule has 0 atom stereocenters. The van der Waals surface area contributed by atoms with E-state index in [-0.39, 0.29) is 0 Å². The zero-order valence-corrected chi connectivity index (χ0v) is 12.8. The standard InChI is InChI=1S/C17H22N4/c1-13-6-7-15(14(2)10-13)20-16-11-17(19-12-18-16)21-8-4-3-5-9-21/h6-7,10-12H,3-5,8-9H2,1-2H3,(H,18,19,20). The molecule has 1 aliphatic rings. The van der Waals surface area contributed by atoms with Gasteiger partial charge < -0.3 is 10.2 Å². The number of nitrogens with one attached hydrogen (secondary N) is 1. The lowest BCUT2D eigenvalue weighted by Crippen LogP contribution is -2.30. The summed E-state index contributed by atoms with van der Waals surface area (Å²) in [5.41, 5.74) is 3.60. The van der Waals surface area contributed by atoms with Gasteiger partial charge in [0.1, 0.15) is 18.0 Å². The Balaban J connectivity index is 1.79. The number of aryl methyl sites for hydroxylation is 2. The molecule has 1 N–H and O–H groups in total. The van der Waals surface area contributed by atoms with Gasteiger partial charge in [-0.05, 0) is 44.7 Å². The van der Waals surface area contributed by atoms with Crippen molar-refractivity contribution in [2.24, 2.45) is 0 Å². The molecule has 1 saturated heterocycles. The van der Waals surface area contributed by atoms with Crippen LogP contribution in [0.3, 0.4) is 0 Å². The maximum Gasteiger partial charge on any atom is 0.135 e. The zero-order chi connectivity index (χ0) is 14.7. The van der Waals surface area contributed by atoms with Gasteiger partial charge in [-0.2, -0.15) is 0 Å². The minimum Gasteiger partial charge on any atom is -0.356 e. The van der Waals surface area contributed by atoms with Crippen LogP contribution < -0.4 is 10.2 Å². The molecule has 21 heavy (non-hydrogen) atoms. The number of aromatic nitrogens is 2. The molecule has 1 aromatic heterocycles. The molecule has 110 valence electrons. The zero-order valence-electron chi connectivity index (χ0n) is 12.8. The van der Waals surface area contributed by atoms with Crippen molar-refractivity contribution in [2.45, 2.75) is 33.1 Å². The second-order valence-electron chi connectivity index (χ2n) is 5.75. The number of rotatable bonds is 3. The van der Waals surface area contributed by atoms with Crippen LogP contribution in [0.25, 0.3) is 0 Å². The van der Waals surface area contributed by atoms with Crippen molar-refractivity contribution in [1.82, 2.24) is 9.97 Å². The van der Waals surface area contributed by atoms with E-state index in [0.717, 1.165) is 30.4 Å². The Bertz CT molecular complexity index is 618. The van der Waals surface area contributed by atoms with Crippen molar-refractivity contribution < 1.29 is 0 Å². The smallest absolute Gasteiger partial charge is 0.135 e. The van der Waals surface area contributed by atoms with E-state index in [0.29, 0.717) is 0 Å². The van der Waals surface area contributed by atoms with Crippen molar-refractivity contribution in [1.29, 1.82) is 0 Å². The monoisotopic (exact) mass is 282 g/mol. The summed E-state index contributed by atoms with van der Waals surface area (Å²) in [5.74, 6) is 1.88. The molecule has 1 aliphatic heterocycles. The molecule has 0 saturated carbocycles. The molecule has 2 aromatic rings. The number of nitrogens with zero attached hydrogens (tertiary/aromatic N) is 3. The first-order chi connectivity index (χ1) is 10.2. The summed E-state index contributed by atoms with van der Waals surface area (Å²) >= 11 is 0. The van der Waals surface area contributed by atoms with Crippen molar-refractivity contribution in [3.63, 3.8) is 0 Å². The van der Waals surface area contributed by atoms with E-state index >= 15 is 0 Å². The number of hydrogen-bond donors (Lipinski definition) is 1. The summed E-state index contributed by atoms with van der Waals surface area (Å²) < 4.78 is 0. The number of piperidine rings is 1. The van der Waals surface area contributed by atoms with Crippen molar-refractivity contribution in [3.8, 4) is 0 Å². The van der Waals surface area contributed by atoms with Crippen molar-refractivity contribution in [2.75, 3.05) is 23.3 Å². The molecule has 0 spiro atoms. The first-order valence-electron chi connectivity index (χ1n) is 7.64. The van der Waals surface area contributed by atoms with Gasteiger partial charge in [0, 0.05) is 24.8 Å². The van der Waals surface area contributed by atoms with E-state index in [9.17, 15) is 0 Å². The van der Waals surface area contributed by atoms with Crippen LogP contribution in [-0.4, -0.2) is 23.1 Å². The fourth-order valence-corrected chi connectivity index (χ4v) is 2.80. The molecule has 4 nitrogen and oxygen atoms in total. The Labute approximate surface area is 126 Å². The van der Waals surface area contributed by atoms with E-state index < -0.39 is 0 Å². The van der Waals surface area contributed by atoms with Gasteiger partial charge in [-0.15, -0.1) is 0 Å². The lowest BCUT2D eigenvalue weighted by molar-refractivity contribution is 0.573. The highest BCUT2D eigenvalue weighted by Gasteiger charge is 2.12. The lowest BCUT2D eigenvalue weighted by Gasteiger charge is -2.27. The number of hydrogen-bond acceptors (Lipinski definition) is 4. The Morgan fingerprint density at radius 2 is 1.81 bits per heavy atom. The maximum atomic E-state index is 4.42. The molecule has 0 bridgehead atoms. The van der Waals surface area contributed by atoms with Crippen LogP contribution in [0.15, 0.2) is 30.6 Å². The van der Waals surface area contributed by atoms with Gasteiger partial charge in [0.25, 0.3) is 0 Å². The highest BCUT2D eigenvalue weighted by molar-refractivity contribution is 5.62. The first kappa shape index (κ1) is 13.9. The third-order valence-corrected chi connectivity index (χ3v) is 3.98. The average molecular weight is 282 g/mol.